The van der Waals surface area contributed by atoms with E-state index in [-0.39, 0.29) is 5.82 Å². The smallest absolute Gasteiger partial charge is 0.187 e. The number of tetrazole rings is 1. The van der Waals surface area contributed by atoms with Crippen LogP contribution in [0.5, 0.6) is 0 Å². The lowest BCUT2D eigenvalue weighted by molar-refractivity contribution is 0.627. The first-order valence-corrected chi connectivity index (χ1v) is 6.06. The summed E-state index contributed by atoms with van der Waals surface area (Å²) >= 11 is 0. The normalized spacial score (nSPS) is 10.7. The molecule has 0 radical (unpaired) electrons. The maximum atomic E-state index is 13.0. The number of anilines is 1. The average Bonchev–Trinajstić information content (AvgIpc) is 2.92. The highest BCUT2D eigenvalue weighted by Crippen LogP contribution is 2.23. The third-order valence-electron chi connectivity index (χ3n) is 3.07. The molecule has 1 heterocycles. The Hall–Kier alpha value is -2.76. The minimum atomic E-state index is -0.299. The maximum Gasteiger partial charge on any atom is 0.187 e. The van der Waals surface area contributed by atoms with Crippen molar-refractivity contribution >= 4 is 5.69 Å². The number of aryl methyl sites for hydroxylation is 1. The van der Waals surface area contributed by atoms with Gasteiger partial charge in [0.15, 0.2) is 5.82 Å². The second-order valence-corrected chi connectivity index (χ2v) is 4.46. The van der Waals surface area contributed by atoms with E-state index in [1.165, 1.54) is 12.1 Å². The molecule has 0 atom stereocenters. The van der Waals surface area contributed by atoms with Crippen LogP contribution in [-0.2, 0) is 0 Å². The molecule has 2 N–H and O–H groups in total. The van der Waals surface area contributed by atoms with Gasteiger partial charge in [0.05, 0.1) is 5.69 Å². The fraction of sp³-hybridized carbons (Fsp3) is 0.0714. The van der Waals surface area contributed by atoms with E-state index in [4.69, 9.17) is 5.73 Å². The molecule has 20 heavy (non-hydrogen) atoms. The molecule has 2 aromatic carbocycles. The third-order valence-corrected chi connectivity index (χ3v) is 3.07. The van der Waals surface area contributed by atoms with Crippen LogP contribution in [0, 0.1) is 12.7 Å². The summed E-state index contributed by atoms with van der Waals surface area (Å²) in [5.41, 5.74) is 9.03. The highest BCUT2D eigenvalue weighted by atomic mass is 19.1. The van der Waals surface area contributed by atoms with E-state index in [1.807, 2.05) is 25.1 Å². The summed E-state index contributed by atoms with van der Waals surface area (Å²) in [4.78, 5) is 0. The Morgan fingerprint density at radius 2 is 1.85 bits per heavy atom. The SMILES string of the molecule is Cc1cc(-c2nnnn2-c2ccc(F)cc2)ccc1N. The minimum absolute atomic E-state index is 0.299. The van der Waals surface area contributed by atoms with Crippen molar-refractivity contribution in [2.24, 2.45) is 0 Å². The minimum Gasteiger partial charge on any atom is -0.399 e. The Kier molecular flexibility index (Phi) is 2.90. The fourth-order valence-electron chi connectivity index (χ4n) is 1.94. The lowest BCUT2D eigenvalue weighted by Gasteiger charge is -2.06. The van der Waals surface area contributed by atoms with Crippen molar-refractivity contribution in [2.75, 3.05) is 5.73 Å². The van der Waals surface area contributed by atoms with Gasteiger partial charge in [0, 0.05) is 11.3 Å². The predicted octanol–water partition coefficient (Wildman–Crippen LogP) is 2.36. The molecule has 0 spiro atoms. The summed E-state index contributed by atoms with van der Waals surface area (Å²) in [6.07, 6.45) is 0. The standard InChI is InChI=1S/C14H12FN5/c1-9-8-10(2-7-13(9)16)14-17-18-19-20(14)12-5-3-11(15)4-6-12/h2-8H,16H2,1H3. The van der Waals surface area contributed by atoms with E-state index in [0.29, 0.717) is 11.5 Å². The molecule has 0 aliphatic heterocycles. The molecule has 0 unspecified atom stereocenters. The molecule has 0 saturated heterocycles. The van der Waals surface area contributed by atoms with Gasteiger partial charge in [-0.25, -0.2) is 4.39 Å². The van der Waals surface area contributed by atoms with Crippen molar-refractivity contribution in [1.29, 1.82) is 0 Å². The number of rotatable bonds is 2. The second kappa shape index (κ2) is 4.73. The van der Waals surface area contributed by atoms with Gasteiger partial charge in [-0.15, -0.1) is 5.10 Å². The number of hydrogen-bond acceptors (Lipinski definition) is 4. The summed E-state index contributed by atoms with van der Waals surface area (Å²) in [7, 11) is 0. The van der Waals surface area contributed by atoms with Crippen LogP contribution in [0.3, 0.4) is 0 Å². The second-order valence-electron chi connectivity index (χ2n) is 4.46. The predicted molar refractivity (Wildman–Crippen MR) is 73.7 cm³/mol. The Balaban J connectivity index is 2.10. The first-order valence-electron chi connectivity index (χ1n) is 6.06. The van der Waals surface area contributed by atoms with Gasteiger partial charge in [-0.1, -0.05) is 0 Å². The molecule has 0 bridgehead atoms. The van der Waals surface area contributed by atoms with E-state index < -0.39 is 0 Å². The number of nitrogens with two attached hydrogens (primary N) is 1. The van der Waals surface area contributed by atoms with Gasteiger partial charge in [-0.05, 0) is 65.4 Å². The fourth-order valence-corrected chi connectivity index (χ4v) is 1.94. The number of nitrogen functional groups attached to an aromatic ring is 1. The summed E-state index contributed by atoms with van der Waals surface area (Å²) in [6, 6.07) is 11.6. The number of halogens is 1. The molecule has 0 saturated carbocycles. The summed E-state index contributed by atoms with van der Waals surface area (Å²) in [6.45, 7) is 1.92. The van der Waals surface area contributed by atoms with Gasteiger partial charge in [-0.2, -0.15) is 4.68 Å². The lowest BCUT2D eigenvalue weighted by atomic mass is 10.1. The van der Waals surface area contributed by atoms with E-state index in [9.17, 15) is 4.39 Å². The van der Waals surface area contributed by atoms with E-state index >= 15 is 0 Å². The van der Waals surface area contributed by atoms with Crippen molar-refractivity contribution in [2.45, 2.75) is 6.92 Å². The zero-order valence-corrected chi connectivity index (χ0v) is 10.8. The molecular formula is C14H12FN5. The van der Waals surface area contributed by atoms with E-state index in [2.05, 4.69) is 15.5 Å². The van der Waals surface area contributed by atoms with Gasteiger partial charge in [0.1, 0.15) is 5.82 Å². The van der Waals surface area contributed by atoms with Crippen LogP contribution in [0.2, 0.25) is 0 Å². The number of aromatic nitrogens is 4. The van der Waals surface area contributed by atoms with Gasteiger partial charge in [-0.3, -0.25) is 0 Å². The van der Waals surface area contributed by atoms with Crippen LogP contribution in [0.15, 0.2) is 42.5 Å². The molecule has 5 nitrogen and oxygen atoms in total. The highest BCUT2D eigenvalue weighted by Gasteiger charge is 2.11. The molecule has 0 amide bonds. The molecule has 0 aliphatic carbocycles. The van der Waals surface area contributed by atoms with Crippen molar-refractivity contribution in [3.63, 3.8) is 0 Å². The molecule has 0 aliphatic rings. The van der Waals surface area contributed by atoms with Gasteiger partial charge < -0.3 is 5.73 Å². The average molecular weight is 269 g/mol. The Bertz CT molecular complexity index is 749. The zero-order chi connectivity index (χ0) is 14.1. The van der Waals surface area contributed by atoms with Crippen LogP contribution in [-0.4, -0.2) is 20.2 Å². The van der Waals surface area contributed by atoms with E-state index in [1.54, 1.807) is 16.8 Å². The Labute approximate surface area is 114 Å². The van der Waals surface area contributed by atoms with Crippen molar-refractivity contribution in [3.05, 3.63) is 53.8 Å². The molecule has 1 aromatic heterocycles. The van der Waals surface area contributed by atoms with Crippen LogP contribution >= 0.6 is 0 Å². The quantitative estimate of drug-likeness (QED) is 0.725. The van der Waals surface area contributed by atoms with Crippen LogP contribution < -0.4 is 5.73 Å². The Morgan fingerprint density at radius 3 is 2.55 bits per heavy atom. The first-order chi connectivity index (χ1) is 9.65. The van der Waals surface area contributed by atoms with Crippen LogP contribution in [0.25, 0.3) is 17.1 Å². The van der Waals surface area contributed by atoms with Gasteiger partial charge in [0.2, 0.25) is 0 Å². The van der Waals surface area contributed by atoms with Gasteiger partial charge in [0.25, 0.3) is 0 Å². The molecule has 100 valence electrons. The maximum absolute atomic E-state index is 13.0. The number of nitrogens with zero attached hydrogens (tertiary/aromatic N) is 4. The Morgan fingerprint density at radius 1 is 1.10 bits per heavy atom. The van der Waals surface area contributed by atoms with Gasteiger partial charge >= 0.3 is 0 Å². The first kappa shape index (κ1) is 12.3. The molecule has 3 rings (SSSR count). The van der Waals surface area contributed by atoms with Crippen LogP contribution in [0.4, 0.5) is 10.1 Å². The third kappa shape index (κ3) is 2.11. The van der Waals surface area contributed by atoms with Crippen LogP contribution in [0.1, 0.15) is 5.56 Å². The topological polar surface area (TPSA) is 69.6 Å². The summed E-state index contributed by atoms with van der Waals surface area (Å²) in [5, 5.41) is 11.7. The largest absolute Gasteiger partial charge is 0.399 e. The van der Waals surface area contributed by atoms with Crippen molar-refractivity contribution in [1.82, 2.24) is 20.2 Å². The number of benzene rings is 2. The molecule has 3 aromatic rings. The highest BCUT2D eigenvalue weighted by molar-refractivity contribution is 5.63. The van der Waals surface area contributed by atoms with E-state index in [0.717, 1.165) is 16.8 Å². The molecule has 0 fully saturated rings. The lowest BCUT2D eigenvalue weighted by Crippen LogP contribution is -2.00. The van der Waals surface area contributed by atoms with Crippen molar-refractivity contribution < 1.29 is 4.39 Å². The monoisotopic (exact) mass is 269 g/mol. The molecule has 6 heteroatoms. The summed E-state index contributed by atoms with van der Waals surface area (Å²) in [5.74, 6) is 0.284. The van der Waals surface area contributed by atoms with Crippen molar-refractivity contribution in [3.8, 4) is 17.1 Å². The summed E-state index contributed by atoms with van der Waals surface area (Å²) < 4.78 is 14.5. The number of hydrogen-bond donors (Lipinski definition) is 1. The zero-order valence-electron chi connectivity index (χ0n) is 10.8. The molecular weight excluding hydrogens is 257 g/mol.